The Morgan fingerprint density at radius 3 is 2.00 bits per heavy atom. The number of hydrogen-bond acceptors (Lipinski definition) is 3. The van der Waals surface area contributed by atoms with Crippen molar-refractivity contribution < 1.29 is 14.7 Å². The molecule has 1 aliphatic rings. The molecule has 0 fully saturated rings. The van der Waals surface area contributed by atoms with E-state index in [-0.39, 0.29) is 11.6 Å². The van der Waals surface area contributed by atoms with Crippen molar-refractivity contribution >= 4 is 11.6 Å². The number of allylic oxidation sites excluding steroid dienone is 4. The molecule has 1 unspecified atom stereocenters. The number of carbonyl (C=O) groups is 2. The van der Waals surface area contributed by atoms with E-state index in [9.17, 15) is 14.7 Å². The van der Waals surface area contributed by atoms with Crippen LogP contribution in [0.15, 0.2) is 22.3 Å². The average Bonchev–Trinajstić information content (AvgIpc) is 2.56. The Labute approximate surface area is 160 Å². The van der Waals surface area contributed by atoms with E-state index >= 15 is 0 Å². The fraction of sp³-hybridized carbons (Fsp3) is 0.739. The Morgan fingerprint density at radius 2 is 1.42 bits per heavy atom. The predicted molar refractivity (Wildman–Crippen MR) is 108 cm³/mol. The van der Waals surface area contributed by atoms with Crippen LogP contribution in [-0.4, -0.2) is 22.3 Å². The minimum absolute atomic E-state index is 0.0301. The summed E-state index contributed by atoms with van der Waals surface area (Å²) in [5.74, 6) is 1.29. The molecule has 1 N–H and O–H groups in total. The van der Waals surface area contributed by atoms with Crippen LogP contribution in [0, 0.1) is 11.8 Å². The third-order valence-corrected chi connectivity index (χ3v) is 5.88. The van der Waals surface area contributed by atoms with Crippen molar-refractivity contribution in [3.63, 3.8) is 0 Å². The fourth-order valence-corrected chi connectivity index (χ4v) is 3.55. The van der Waals surface area contributed by atoms with Crippen molar-refractivity contribution in [3.8, 4) is 0 Å². The molecule has 0 aromatic rings. The zero-order valence-corrected chi connectivity index (χ0v) is 17.9. The molecule has 0 aromatic carbocycles. The van der Waals surface area contributed by atoms with Crippen LogP contribution in [0.4, 0.5) is 0 Å². The summed E-state index contributed by atoms with van der Waals surface area (Å²) >= 11 is 0. The standard InChI is InChI=1S/C23H38O3/c1-15(2)9-8-10-16(3)11-13-23(7,26)14-12-20-19(6)21(24)17(4)18(5)22(20)25/h15-16,26H,8-14H2,1-7H3/t16-,23?/m1/s1. The first-order valence-corrected chi connectivity index (χ1v) is 10.1. The Bertz CT molecular complexity index is 591. The van der Waals surface area contributed by atoms with Crippen molar-refractivity contribution in [2.75, 3.05) is 0 Å². The van der Waals surface area contributed by atoms with Gasteiger partial charge in [0.15, 0.2) is 11.6 Å². The summed E-state index contributed by atoms with van der Waals surface area (Å²) in [6.45, 7) is 13.8. The summed E-state index contributed by atoms with van der Waals surface area (Å²) < 4.78 is 0. The van der Waals surface area contributed by atoms with Crippen molar-refractivity contribution in [1.82, 2.24) is 0 Å². The quantitative estimate of drug-likeness (QED) is 0.517. The zero-order chi connectivity index (χ0) is 20.1. The first kappa shape index (κ1) is 22.8. The molecule has 0 saturated heterocycles. The van der Waals surface area contributed by atoms with Gasteiger partial charge in [-0.05, 0) is 65.2 Å². The fourth-order valence-electron chi connectivity index (χ4n) is 3.55. The van der Waals surface area contributed by atoms with Crippen LogP contribution in [0.25, 0.3) is 0 Å². The third-order valence-electron chi connectivity index (χ3n) is 5.88. The van der Waals surface area contributed by atoms with Crippen molar-refractivity contribution in [2.45, 2.75) is 99.0 Å². The molecule has 3 nitrogen and oxygen atoms in total. The normalized spacial score (nSPS) is 19.4. The number of Topliss-reactive ketones (excluding diaryl/α,β-unsaturated/α-hetero) is 2. The maximum atomic E-state index is 12.5. The van der Waals surface area contributed by atoms with E-state index in [1.807, 2.05) is 6.92 Å². The first-order chi connectivity index (χ1) is 12.0. The molecular weight excluding hydrogens is 324 g/mol. The number of aliphatic hydroxyl groups is 1. The summed E-state index contributed by atoms with van der Waals surface area (Å²) in [6, 6.07) is 0. The number of rotatable bonds is 10. The van der Waals surface area contributed by atoms with Crippen molar-refractivity contribution in [1.29, 1.82) is 0 Å². The lowest BCUT2D eigenvalue weighted by atomic mass is 9.81. The molecule has 26 heavy (non-hydrogen) atoms. The summed E-state index contributed by atoms with van der Waals surface area (Å²) in [6.07, 6.45) is 6.42. The van der Waals surface area contributed by atoms with Crippen LogP contribution >= 0.6 is 0 Å². The highest BCUT2D eigenvalue weighted by atomic mass is 16.3. The molecule has 0 aromatic heterocycles. The molecule has 1 aliphatic carbocycles. The molecule has 0 bridgehead atoms. The lowest BCUT2D eigenvalue weighted by Gasteiger charge is -2.27. The number of hydrogen-bond donors (Lipinski definition) is 1. The molecule has 3 heteroatoms. The van der Waals surface area contributed by atoms with Crippen LogP contribution < -0.4 is 0 Å². The minimum Gasteiger partial charge on any atom is -0.390 e. The summed E-state index contributed by atoms with van der Waals surface area (Å²) in [7, 11) is 0. The topological polar surface area (TPSA) is 54.4 Å². The van der Waals surface area contributed by atoms with Crippen molar-refractivity contribution in [3.05, 3.63) is 22.3 Å². The van der Waals surface area contributed by atoms with E-state index in [1.54, 1.807) is 20.8 Å². The zero-order valence-electron chi connectivity index (χ0n) is 17.9. The summed E-state index contributed by atoms with van der Waals surface area (Å²) in [5.41, 5.74) is 1.44. The largest absolute Gasteiger partial charge is 0.390 e. The van der Waals surface area contributed by atoms with Gasteiger partial charge < -0.3 is 5.11 Å². The second-order valence-corrected chi connectivity index (χ2v) is 8.98. The average molecular weight is 363 g/mol. The first-order valence-electron chi connectivity index (χ1n) is 10.1. The lowest BCUT2D eigenvalue weighted by molar-refractivity contribution is -0.116. The molecule has 1 rings (SSSR count). The summed E-state index contributed by atoms with van der Waals surface area (Å²) in [4.78, 5) is 24.7. The van der Waals surface area contributed by atoms with E-state index in [0.29, 0.717) is 41.1 Å². The van der Waals surface area contributed by atoms with Gasteiger partial charge in [-0.15, -0.1) is 0 Å². The molecule has 0 amide bonds. The molecule has 0 radical (unpaired) electrons. The number of carbonyl (C=O) groups excluding carboxylic acids is 2. The van der Waals surface area contributed by atoms with Crippen LogP contribution in [0.5, 0.6) is 0 Å². The van der Waals surface area contributed by atoms with Crippen LogP contribution in [0.2, 0.25) is 0 Å². The van der Waals surface area contributed by atoms with Crippen molar-refractivity contribution in [2.24, 2.45) is 11.8 Å². The highest BCUT2D eigenvalue weighted by Gasteiger charge is 2.30. The van der Waals surface area contributed by atoms with E-state index in [4.69, 9.17) is 0 Å². The van der Waals surface area contributed by atoms with E-state index in [0.717, 1.165) is 18.8 Å². The van der Waals surface area contributed by atoms with E-state index in [1.165, 1.54) is 19.3 Å². The van der Waals surface area contributed by atoms with E-state index < -0.39 is 5.60 Å². The van der Waals surface area contributed by atoms with Crippen LogP contribution in [-0.2, 0) is 9.59 Å². The highest BCUT2D eigenvalue weighted by molar-refractivity contribution is 6.24. The van der Waals surface area contributed by atoms with Gasteiger partial charge in [0.05, 0.1) is 5.60 Å². The third kappa shape index (κ3) is 6.50. The monoisotopic (exact) mass is 362 g/mol. The van der Waals surface area contributed by atoms with Crippen LogP contribution in [0.3, 0.4) is 0 Å². The van der Waals surface area contributed by atoms with Gasteiger partial charge in [0, 0.05) is 22.3 Å². The second kappa shape index (κ2) is 9.64. The molecule has 0 saturated carbocycles. The van der Waals surface area contributed by atoms with Gasteiger partial charge in [-0.2, -0.15) is 0 Å². The maximum Gasteiger partial charge on any atom is 0.185 e. The SMILES string of the molecule is CC1=C(C)C(=O)C(CCC(C)(O)CC[C@H](C)CCCC(C)C)=C(C)C1=O. The minimum atomic E-state index is -0.799. The highest BCUT2D eigenvalue weighted by Crippen LogP contribution is 2.31. The second-order valence-electron chi connectivity index (χ2n) is 8.98. The van der Waals surface area contributed by atoms with Gasteiger partial charge in [-0.25, -0.2) is 0 Å². The molecule has 0 spiro atoms. The molecular formula is C23H38O3. The Hall–Kier alpha value is -1.22. The van der Waals surface area contributed by atoms with Gasteiger partial charge in [0.25, 0.3) is 0 Å². The number of ketones is 2. The smallest absolute Gasteiger partial charge is 0.185 e. The predicted octanol–water partition coefficient (Wildman–Crippen LogP) is 5.56. The Morgan fingerprint density at radius 1 is 0.846 bits per heavy atom. The molecule has 0 aliphatic heterocycles. The van der Waals surface area contributed by atoms with E-state index in [2.05, 4.69) is 20.8 Å². The van der Waals surface area contributed by atoms with Gasteiger partial charge >= 0.3 is 0 Å². The summed E-state index contributed by atoms with van der Waals surface area (Å²) in [5, 5.41) is 10.7. The lowest BCUT2D eigenvalue weighted by Crippen LogP contribution is -2.27. The van der Waals surface area contributed by atoms with Gasteiger partial charge in [0.2, 0.25) is 0 Å². The van der Waals surface area contributed by atoms with Gasteiger partial charge in [-0.3, -0.25) is 9.59 Å². The Balaban J connectivity index is 2.55. The van der Waals surface area contributed by atoms with Gasteiger partial charge in [0.1, 0.15) is 0 Å². The van der Waals surface area contributed by atoms with Crippen LogP contribution in [0.1, 0.15) is 93.4 Å². The molecule has 0 heterocycles. The maximum absolute atomic E-state index is 12.5. The Kier molecular flexibility index (Phi) is 8.46. The van der Waals surface area contributed by atoms with Gasteiger partial charge in [-0.1, -0.05) is 40.0 Å². The molecule has 2 atom stereocenters. The molecule has 148 valence electrons.